The lowest BCUT2D eigenvalue weighted by molar-refractivity contribution is -0.119. The number of fused-ring (bicyclic) bond motifs is 1. The molecular weight excluding hydrogens is 406 g/mol. The Morgan fingerprint density at radius 3 is 2.43 bits per heavy atom. The van der Waals surface area contributed by atoms with Gasteiger partial charge in [0.25, 0.3) is 10.0 Å². The summed E-state index contributed by atoms with van der Waals surface area (Å²) in [6, 6.07) is 12.9. The summed E-state index contributed by atoms with van der Waals surface area (Å²) in [5, 5.41) is 2.80. The highest BCUT2D eigenvalue weighted by molar-refractivity contribution is 7.92. The maximum absolute atomic E-state index is 13.3. The van der Waals surface area contributed by atoms with Crippen LogP contribution in [0.15, 0.2) is 53.4 Å². The van der Waals surface area contributed by atoms with Crippen LogP contribution in [0.3, 0.4) is 0 Å². The SMILES string of the molecule is CN(C)CCCNC(=O)CN(c1ccc2c(c1)OCCO2)S(=O)(=O)c1ccccc1. The van der Waals surface area contributed by atoms with Gasteiger partial charge in [0.1, 0.15) is 19.8 Å². The fourth-order valence-corrected chi connectivity index (χ4v) is 4.47. The zero-order valence-corrected chi connectivity index (χ0v) is 18.0. The molecule has 0 fully saturated rings. The van der Waals surface area contributed by atoms with Crippen molar-refractivity contribution in [1.29, 1.82) is 0 Å². The molecule has 1 amide bonds. The highest BCUT2D eigenvalue weighted by Crippen LogP contribution is 2.35. The highest BCUT2D eigenvalue weighted by atomic mass is 32.2. The fourth-order valence-electron chi connectivity index (χ4n) is 3.03. The van der Waals surface area contributed by atoms with E-state index in [1.165, 1.54) is 12.1 Å². The van der Waals surface area contributed by atoms with E-state index < -0.39 is 10.0 Å². The first-order valence-corrected chi connectivity index (χ1v) is 11.2. The molecule has 2 aromatic carbocycles. The van der Waals surface area contributed by atoms with Gasteiger partial charge in [0.05, 0.1) is 10.6 Å². The van der Waals surface area contributed by atoms with Crippen molar-refractivity contribution >= 4 is 21.6 Å². The normalized spacial score (nSPS) is 13.2. The quantitative estimate of drug-likeness (QED) is 0.606. The zero-order chi connectivity index (χ0) is 21.6. The summed E-state index contributed by atoms with van der Waals surface area (Å²) in [5.41, 5.74) is 0.339. The number of rotatable bonds is 9. The van der Waals surface area contributed by atoms with E-state index in [1.54, 1.807) is 36.4 Å². The van der Waals surface area contributed by atoms with Crippen molar-refractivity contribution in [2.45, 2.75) is 11.3 Å². The van der Waals surface area contributed by atoms with Gasteiger partial charge in [-0.3, -0.25) is 9.10 Å². The topological polar surface area (TPSA) is 88.2 Å². The summed E-state index contributed by atoms with van der Waals surface area (Å²) >= 11 is 0. The number of amides is 1. The Balaban J connectivity index is 1.85. The Labute approximate surface area is 177 Å². The minimum absolute atomic E-state index is 0.111. The van der Waals surface area contributed by atoms with E-state index in [-0.39, 0.29) is 17.3 Å². The van der Waals surface area contributed by atoms with Gasteiger partial charge in [-0.25, -0.2) is 8.42 Å². The molecule has 0 saturated carbocycles. The van der Waals surface area contributed by atoms with Crippen LogP contribution in [-0.2, 0) is 14.8 Å². The van der Waals surface area contributed by atoms with E-state index in [0.717, 1.165) is 17.3 Å². The van der Waals surface area contributed by atoms with Crippen LogP contribution < -0.4 is 19.1 Å². The number of sulfonamides is 1. The lowest BCUT2D eigenvalue weighted by Crippen LogP contribution is -2.41. The lowest BCUT2D eigenvalue weighted by atomic mass is 10.2. The van der Waals surface area contributed by atoms with E-state index in [1.807, 2.05) is 19.0 Å². The molecule has 8 nitrogen and oxygen atoms in total. The first-order valence-electron chi connectivity index (χ1n) is 9.77. The molecule has 0 saturated heterocycles. The van der Waals surface area contributed by atoms with Crippen LogP contribution in [0.1, 0.15) is 6.42 Å². The molecule has 9 heteroatoms. The van der Waals surface area contributed by atoms with E-state index in [9.17, 15) is 13.2 Å². The van der Waals surface area contributed by atoms with Crippen LogP contribution in [0.4, 0.5) is 5.69 Å². The highest BCUT2D eigenvalue weighted by Gasteiger charge is 2.28. The van der Waals surface area contributed by atoms with Crippen LogP contribution in [0, 0.1) is 0 Å². The Hall–Kier alpha value is -2.78. The van der Waals surface area contributed by atoms with Gasteiger partial charge in [-0.2, -0.15) is 0 Å². The summed E-state index contributed by atoms with van der Waals surface area (Å²) in [5.74, 6) is 0.636. The number of nitrogens with one attached hydrogen (secondary N) is 1. The van der Waals surface area contributed by atoms with Crippen molar-refractivity contribution in [3.8, 4) is 11.5 Å². The van der Waals surface area contributed by atoms with Crippen LogP contribution in [-0.4, -0.2) is 66.2 Å². The van der Waals surface area contributed by atoms with E-state index in [2.05, 4.69) is 5.32 Å². The molecule has 1 N–H and O–H groups in total. The molecule has 0 spiro atoms. The molecule has 0 aliphatic carbocycles. The molecule has 3 rings (SSSR count). The summed E-state index contributed by atoms with van der Waals surface area (Å²) in [6.45, 7) is 1.78. The molecule has 0 unspecified atom stereocenters. The van der Waals surface area contributed by atoms with Crippen molar-refractivity contribution in [2.75, 3.05) is 51.2 Å². The maximum Gasteiger partial charge on any atom is 0.264 e. The summed E-state index contributed by atoms with van der Waals surface area (Å²) in [7, 11) is -0.0394. The summed E-state index contributed by atoms with van der Waals surface area (Å²) < 4.78 is 38.9. The molecular formula is C21H27N3O5S. The third-order valence-corrected chi connectivity index (χ3v) is 6.32. The van der Waals surface area contributed by atoms with Gasteiger partial charge < -0.3 is 19.7 Å². The smallest absolute Gasteiger partial charge is 0.264 e. The number of benzene rings is 2. The second kappa shape index (κ2) is 9.82. The third kappa shape index (κ3) is 5.43. The second-order valence-corrected chi connectivity index (χ2v) is 9.02. The third-order valence-electron chi connectivity index (χ3n) is 4.54. The summed E-state index contributed by atoms with van der Waals surface area (Å²) in [4.78, 5) is 14.7. The minimum Gasteiger partial charge on any atom is -0.486 e. The van der Waals surface area contributed by atoms with Gasteiger partial charge in [0, 0.05) is 12.6 Å². The van der Waals surface area contributed by atoms with Gasteiger partial charge in [-0.1, -0.05) is 18.2 Å². The lowest BCUT2D eigenvalue weighted by Gasteiger charge is -2.26. The Bertz CT molecular complexity index is 964. The maximum atomic E-state index is 13.3. The minimum atomic E-state index is -3.95. The summed E-state index contributed by atoms with van der Waals surface area (Å²) in [6.07, 6.45) is 0.772. The average Bonchev–Trinajstić information content (AvgIpc) is 2.75. The molecule has 0 radical (unpaired) electrons. The zero-order valence-electron chi connectivity index (χ0n) is 17.2. The van der Waals surface area contributed by atoms with Gasteiger partial charge in [0.15, 0.2) is 11.5 Å². The van der Waals surface area contributed by atoms with Crippen LogP contribution in [0.5, 0.6) is 11.5 Å². The van der Waals surface area contributed by atoms with Crippen LogP contribution in [0.2, 0.25) is 0 Å². The molecule has 0 aromatic heterocycles. The first kappa shape index (κ1) is 21.9. The molecule has 30 heavy (non-hydrogen) atoms. The molecule has 162 valence electrons. The predicted octanol–water partition coefficient (Wildman–Crippen LogP) is 1.72. The predicted molar refractivity (Wildman–Crippen MR) is 115 cm³/mol. The van der Waals surface area contributed by atoms with Crippen molar-refractivity contribution in [3.05, 3.63) is 48.5 Å². The molecule has 1 aliphatic rings. The number of hydrogen-bond acceptors (Lipinski definition) is 6. The Kier molecular flexibility index (Phi) is 7.17. The van der Waals surface area contributed by atoms with Gasteiger partial charge >= 0.3 is 0 Å². The number of carbonyl (C=O) groups is 1. The number of ether oxygens (including phenoxy) is 2. The second-order valence-electron chi connectivity index (χ2n) is 7.16. The molecule has 2 aromatic rings. The van der Waals surface area contributed by atoms with Crippen molar-refractivity contribution < 1.29 is 22.7 Å². The number of hydrogen-bond donors (Lipinski definition) is 1. The first-order chi connectivity index (χ1) is 14.4. The van der Waals surface area contributed by atoms with Crippen molar-refractivity contribution in [2.24, 2.45) is 0 Å². The largest absolute Gasteiger partial charge is 0.486 e. The van der Waals surface area contributed by atoms with Crippen molar-refractivity contribution in [3.63, 3.8) is 0 Å². The monoisotopic (exact) mass is 433 g/mol. The number of nitrogens with zero attached hydrogens (tertiary/aromatic N) is 2. The van der Waals surface area contributed by atoms with Gasteiger partial charge in [-0.05, 0) is 51.3 Å². The molecule has 1 aliphatic heterocycles. The number of anilines is 1. The van der Waals surface area contributed by atoms with Crippen LogP contribution >= 0.6 is 0 Å². The van der Waals surface area contributed by atoms with E-state index in [0.29, 0.717) is 36.9 Å². The van der Waals surface area contributed by atoms with Gasteiger partial charge in [0.2, 0.25) is 5.91 Å². The molecule has 0 bridgehead atoms. The van der Waals surface area contributed by atoms with E-state index >= 15 is 0 Å². The average molecular weight is 434 g/mol. The van der Waals surface area contributed by atoms with Gasteiger partial charge in [-0.15, -0.1) is 0 Å². The molecule has 1 heterocycles. The fraction of sp³-hybridized carbons (Fsp3) is 0.381. The number of carbonyl (C=O) groups excluding carboxylic acids is 1. The van der Waals surface area contributed by atoms with E-state index in [4.69, 9.17) is 9.47 Å². The Morgan fingerprint density at radius 1 is 1.03 bits per heavy atom. The standard InChI is InChI=1S/C21H27N3O5S/c1-23(2)12-6-11-22-21(25)16-24(30(26,27)18-7-4-3-5-8-18)17-9-10-19-20(15-17)29-14-13-28-19/h3-5,7-10,15H,6,11-14,16H2,1-2H3,(H,22,25). The Morgan fingerprint density at radius 2 is 1.73 bits per heavy atom. The van der Waals surface area contributed by atoms with Crippen LogP contribution in [0.25, 0.3) is 0 Å². The van der Waals surface area contributed by atoms with Crippen molar-refractivity contribution in [1.82, 2.24) is 10.2 Å². The molecule has 0 atom stereocenters.